The molecule has 6 nitrogen and oxygen atoms in total. The molecule has 0 saturated carbocycles. The maximum absolute atomic E-state index is 12.1. The van der Waals surface area contributed by atoms with Crippen LogP contribution in [0.15, 0.2) is 41.6 Å². The standard InChI is InChI=1S/C19H19NO5/c1-12-14-10-25-19(21)18(14)17(9-16(12)22-2)24-11-15(20-23-3)13-7-5-4-6-8-13/h4-9H,10-11H2,1-3H3/b20-15+. The maximum Gasteiger partial charge on any atom is 0.342 e. The minimum Gasteiger partial charge on any atom is -0.496 e. The Labute approximate surface area is 146 Å². The zero-order valence-electron chi connectivity index (χ0n) is 14.4. The lowest BCUT2D eigenvalue weighted by atomic mass is 10.0. The number of carbonyl (C=O) groups is 1. The summed E-state index contributed by atoms with van der Waals surface area (Å²) in [7, 11) is 3.06. The average molecular weight is 341 g/mol. The molecule has 130 valence electrons. The molecule has 0 aromatic heterocycles. The second-order valence-corrected chi connectivity index (χ2v) is 5.51. The summed E-state index contributed by atoms with van der Waals surface area (Å²) in [6.07, 6.45) is 0. The summed E-state index contributed by atoms with van der Waals surface area (Å²) in [5.74, 6) is 0.678. The Balaban J connectivity index is 1.92. The number of rotatable bonds is 6. The van der Waals surface area contributed by atoms with E-state index in [2.05, 4.69) is 5.16 Å². The van der Waals surface area contributed by atoms with Gasteiger partial charge in [-0.25, -0.2) is 4.79 Å². The highest BCUT2D eigenvalue weighted by Gasteiger charge is 2.30. The lowest BCUT2D eigenvalue weighted by Crippen LogP contribution is -2.15. The van der Waals surface area contributed by atoms with Crippen molar-refractivity contribution in [2.45, 2.75) is 13.5 Å². The first kappa shape index (κ1) is 16.8. The summed E-state index contributed by atoms with van der Waals surface area (Å²) in [6.45, 7) is 2.26. The van der Waals surface area contributed by atoms with Crippen molar-refractivity contribution >= 4 is 11.7 Å². The van der Waals surface area contributed by atoms with Gasteiger partial charge in [-0.05, 0) is 12.5 Å². The van der Waals surface area contributed by atoms with Crippen LogP contribution in [0.4, 0.5) is 0 Å². The Morgan fingerprint density at radius 1 is 1.20 bits per heavy atom. The van der Waals surface area contributed by atoms with Gasteiger partial charge in [-0.3, -0.25) is 0 Å². The molecule has 0 aliphatic carbocycles. The number of nitrogens with zero attached hydrogens (tertiary/aromatic N) is 1. The Morgan fingerprint density at radius 2 is 1.96 bits per heavy atom. The third kappa shape index (κ3) is 3.28. The predicted molar refractivity (Wildman–Crippen MR) is 92.3 cm³/mol. The van der Waals surface area contributed by atoms with E-state index < -0.39 is 0 Å². The predicted octanol–water partition coefficient (Wildman–Crippen LogP) is 3.10. The highest BCUT2D eigenvalue weighted by atomic mass is 16.6. The van der Waals surface area contributed by atoms with Crippen LogP contribution in [-0.4, -0.2) is 32.5 Å². The fourth-order valence-corrected chi connectivity index (χ4v) is 2.77. The molecule has 0 radical (unpaired) electrons. The van der Waals surface area contributed by atoms with Gasteiger partial charge in [0.15, 0.2) is 0 Å². The Hall–Kier alpha value is -3.02. The number of esters is 1. The summed E-state index contributed by atoms with van der Waals surface area (Å²) in [4.78, 5) is 17.0. The highest BCUT2D eigenvalue weighted by molar-refractivity contribution is 6.02. The van der Waals surface area contributed by atoms with E-state index in [9.17, 15) is 4.79 Å². The largest absolute Gasteiger partial charge is 0.496 e. The molecule has 1 aliphatic heterocycles. The zero-order chi connectivity index (χ0) is 17.8. The molecule has 0 amide bonds. The van der Waals surface area contributed by atoms with Gasteiger partial charge in [-0.15, -0.1) is 0 Å². The SMILES string of the molecule is CO/N=C(\COc1cc(OC)c(C)c2c1C(=O)OC2)c1ccccc1. The van der Waals surface area contributed by atoms with E-state index in [1.54, 1.807) is 13.2 Å². The van der Waals surface area contributed by atoms with Crippen LogP contribution >= 0.6 is 0 Å². The molecule has 0 bridgehead atoms. The van der Waals surface area contributed by atoms with Gasteiger partial charge in [0.25, 0.3) is 0 Å². The van der Waals surface area contributed by atoms with Gasteiger partial charge in [0.05, 0.1) is 7.11 Å². The fourth-order valence-electron chi connectivity index (χ4n) is 2.77. The number of hydrogen-bond acceptors (Lipinski definition) is 6. The second-order valence-electron chi connectivity index (χ2n) is 5.51. The molecule has 0 fully saturated rings. The molecule has 2 aromatic carbocycles. The monoisotopic (exact) mass is 341 g/mol. The van der Waals surface area contributed by atoms with Crippen molar-refractivity contribution in [3.05, 3.63) is 58.7 Å². The van der Waals surface area contributed by atoms with E-state index in [4.69, 9.17) is 19.0 Å². The molecule has 0 spiro atoms. The number of carbonyl (C=O) groups excluding carboxylic acids is 1. The van der Waals surface area contributed by atoms with Gasteiger partial charge in [0, 0.05) is 17.2 Å². The van der Waals surface area contributed by atoms with E-state index in [0.717, 1.165) is 16.7 Å². The quantitative estimate of drug-likeness (QED) is 0.459. The van der Waals surface area contributed by atoms with Crippen molar-refractivity contribution in [3.63, 3.8) is 0 Å². The van der Waals surface area contributed by atoms with Crippen LogP contribution in [0.1, 0.15) is 27.0 Å². The van der Waals surface area contributed by atoms with E-state index >= 15 is 0 Å². The summed E-state index contributed by atoms with van der Waals surface area (Å²) < 4.78 is 16.4. The Kier molecular flexibility index (Phi) is 4.88. The van der Waals surface area contributed by atoms with Crippen molar-refractivity contribution in [3.8, 4) is 11.5 Å². The first-order valence-corrected chi connectivity index (χ1v) is 7.81. The van der Waals surface area contributed by atoms with Crippen LogP contribution in [0.5, 0.6) is 11.5 Å². The Morgan fingerprint density at radius 3 is 2.64 bits per heavy atom. The van der Waals surface area contributed by atoms with E-state index in [1.165, 1.54) is 7.11 Å². The van der Waals surface area contributed by atoms with Crippen LogP contribution in [0.2, 0.25) is 0 Å². The first-order chi connectivity index (χ1) is 12.2. The molecule has 0 N–H and O–H groups in total. The lowest BCUT2D eigenvalue weighted by Gasteiger charge is -2.14. The van der Waals surface area contributed by atoms with Crippen LogP contribution in [-0.2, 0) is 16.2 Å². The van der Waals surface area contributed by atoms with Crippen LogP contribution in [0, 0.1) is 6.92 Å². The third-order valence-electron chi connectivity index (χ3n) is 4.08. The van der Waals surface area contributed by atoms with Crippen molar-refractivity contribution < 1.29 is 23.8 Å². The van der Waals surface area contributed by atoms with E-state index in [-0.39, 0.29) is 19.2 Å². The third-order valence-corrected chi connectivity index (χ3v) is 4.08. The van der Waals surface area contributed by atoms with Gasteiger partial charge in [0.2, 0.25) is 0 Å². The van der Waals surface area contributed by atoms with E-state index in [1.807, 2.05) is 37.3 Å². The van der Waals surface area contributed by atoms with Gasteiger partial charge in [-0.1, -0.05) is 35.5 Å². The normalized spacial score (nSPS) is 13.2. The molecule has 1 heterocycles. The second kappa shape index (κ2) is 7.25. The highest BCUT2D eigenvalue weighted by Crippen LogP contribution is 2.37. The van der Waals surface area contributed by atoms with Gasteiger partial charge < -0.3 is 19.0 Å². The smallest absolute Gasteiger partial charge is 0.342 e. The zero-order valence-corrected chi connectivity index (χ0v) is 14.4. The minimum absolute atomic E-state index is 0.143. The van der Waals surface area contributed by atoms with Crippen LogP contribution < -0.4 is 9.47 Å². The molecule has 3 rings (SSSR count). The fraction of sp³-hybridized carbons (Fsp3) is 0.263. The topological polar surface area (TPSA) is 66.3 Å². The average Bonchev–Trinajstić information content (AvgIpc) is 3.03. The molecule has 0 unspecified atom stereocenters. The Bertz CT molecular complexity index is 814. The van der Waals surface area contributed by atoms with Crippen molar-refractivity contribution in [2.24, 2.45) is 5.16 Å². The molecule has 6 heteroatoms. The minimum atomic E-state index is -0.388. The molecule has 0 atom stereocenters. The summed E-state index contributed by atoms with van der Waals surface area (Å²) >= 11 is 0. The number of fused-ring (bicyclic) bond motifs is 1. The number of oxime groups is 1. The van der Waals surface area contributed by atoms with Gasteiger partial charge in [0.1, 0.15) is 43.1 Å². The van der Waals surface area contributed by atoms with E-state index in [0.29, 0.717) is 22.8 Å². The molecule has 0 saturated heterocycles. The molecule has 2 aromatic rings. The van der Waals surface area contributed by atoms with Crippen LogP contribution in [0.25, 0.3) is 0 Å². The number of hydrogen-bond donors (Lipinski definition) is 0. The number of methoxy groups -OCH3 is 1. The van der Waals surface area contributed by atoms with Crippen molar-refractivity contribution in [2.75, 3.05) is 20.8 Å². The molecular formula is C19H19NO5. The summed E-state index contributed by atoms with van der Waals surface area (Å²) in [5, 5.41) is 4.03. The maximum atomic E-state index is 12.1. The van der Waals surface area contributed by atoms with Crippen molar-refractivity contribution in [1.29, 1.82) is 0 Å². The number of benzene rings is 2. The van der Waals surface area contributed by atoms with Crippen molar-refractivity contribution in [1.82, 2.24) is 0 Å². The molecule has 1 aliphatic rings. The van der Waals surface area contributed by atoms with Crippen LogP contribution in [0.3, 0.4) is 0 Å². The summed E-state index contributed by atoms with van der Waals surface area (Å²) in [6, 6.07) is 11.3. The van der Waals surface area contributed by atoms with Gasteiger partial charge >= 0.3 is 5.97 Å². The summed E-state index contributed by atoms with van der Waals surface area (Å²) in [5.41, 5.74) is 3.61. The first-order valence-electron chi connectivity index (χ1n) is 7.81. The number of cyclic esters (lactones) is 1. The molecule has 25 heavy (non-hydrogen) atoms. The molecular weight excluding hydrogens is 322 g/mol. The number of ether oxygens (including phenoxy) is 3. The lowest BCUT2D eigenvalue weighted by molar-refractivity contribution is 0.0532. The van der Waals surface area contributed by atoms with Gasteiger partial charge in [-0.2, -0.15) is 0 Å².